The number of rotatable bonds is 1. The fourth-order valence-electron chi connectivity index (χ4n) is 0.815. The third-order valence-electron chi connectivity index (χ3n) is 1.34. The van der Waals surface area contributed by atoms with E-state index >= 15 is 0 Å². The minimum atomic E-state index is 0.173. The summed E-state index contributed by atoms with van der Waals surface area (Å²) in [7, 11) is 0. The molecule has 0 aromatic heterocycles. The van der Waals surface area contributed by atoms with Crippen molar-refractivity contribution in [2.75, 3.05) is 16.8 Å². The first-order valence-corrected chi connectivity index (χ1v) is 3.72. The van der Waals surface area contributed by atoms with Crippen LogP contribution in [0, 0.1) is 0 Å². The Bertz CT molecular complexity index is 310. The molecule has 0 radical (unpaired) electrons. The maximum atomic E-state index is 5.60. The van der Waals surface area contributed by atoms with Crippen LogP contribution in [0.4, 0.5) is 17.1 Å². The van der Waals surface area contributed by atoms with Gasteiger partial charge in [-0.1, -0.05) is 0 Å². The van der Waals surface area contributed by atoms with Crippen molar-refractivity contribution in [3.8, 4) is 0 Å². The molecule has 0 unspecified atom stereocenters. The van der Waals surface area contributed by atoms with Gasteiger partial charge in [-0.3, -0.25) is 0 Å². The number of hydrogen-bond acceptors (Lipinski definition) is 3. The number of thiocarbonyl (C=S) groups is 1. The van der Waals surface area contributed by atoms with E-state index in [9.17, 15) is 0 Å². The molecule has 0 aliphatic carbocycles. The smallest absolute Gasteiger partial charge is 0.168 e. The molecule has 0 amide bonds. The van der Waals surface area contributed by atoms with E-state index in [4.69, 9.17) is 17.2 Å². The third-order valence-corrected chi connectivity index (χ3v) is 1.44. The molecule has 7 N–H and O–H groups in total. The molecule has 0 fully saturated rings. The molecule has 64 valence electrons. The first-order valence-electron chi connectivity index (χ1n) is 3.31. The zero-order valence-electron chi connectivity index (χ0n) is 6.37. The summed E-state index contributed by atoms with van der Waals surface area (Å²) in [5, 5.41) is 2.89. The Hall–Kier alpha value is -1.49. The predicted octanol–water partition coefficient (Wildman–Crippen LogP) is 0.506. The molecule has 0 saturated carbocycles. The summed E-state index contributed by atoms with van der Waals surface area (Å²) >= 11 is 4.65. The van der Waals surface area contributed by atoms with Gasteiger partial charge in [0.25, 0.3) is 0 Å². The van der Waals surface area contributed by atoms with Crippen molar-refractivity contribution in [2.24, 2.45) is 5.73 Å². The quantitative estimate of drug-likeness (QED) is 0.375. The van der Waals surface area contributed by atoms with Crippen molar-refractivity contribution in [3.63, 3.8) is 0 Å². The van der Waals surface area contributed by atoms with Gasteiger partial charge < -0.3 is 22.5 Å². The number of nitrogens with two attached hydrogens (primary N) is 3. The summed E-state index contributed by atoms with van der Waals surface area (Å²) in [5.74, 6) is 0. The summed E-state index contributed by atoms with van der Waals surface area (Å²) in [6.07, 6.45) is 0. The van der Waals surface area contributed by atoms with Crippen LogP contribution in [0.25, 0.3) is 0 Å². The summed E-state index contributed by atoms with van der Waals surface area (Å²) in [6, 6.07) is 5.07. The molecule has 0 spiro atoms. The minimum Gasteiger partial charge on any atom is -0.399 e. The van der Waals surface area contributed by atoms with Gasteiger partial charge in [0.1, 0.15) is 0 Å². The molecule has 0 saturated heterocycles. The zero-order chi connectivity index (χ0) is 9.14. The SMILES string of the molecule is NC(=S)Nc1cc(N)ccc1N. The normalized spacial score (nSPS) is 9.33. The summed E-state index contributed by atoms with van der Waals surface area (Å²) in [5.41, 5.74) is 18.2. The fourth-order valence-corrected chi connectivity index (χ4v) is 0.925. The molecule has 0 aliphatic rings. The van der Waals surface area contributed by atoms with Crippen LogP contribution in [0.2, 0.25) is 0 Å². The Morgan fingerprint density at radius 2 is 2.00 bits per heavy atom. The van der Waals surface area contributed by atoms with E-state index < -0.39 is 0 Å². The van der Waals surface area contributed by atoms with Gasteiger partial charge in [0.2, 0.25) is 0 Å². The highest BCUT2D eigenvalue weighted by atomic mass is 32.1. The monoisotopic (exact) mass is 182 g/mol. The van der Waals surface area contributed by atoms with Crippen molar-refractivity contribution in [1.82, 2.24) is 0 Å². The predicted molar refractivity (Wildman–Crippen MR) is 55.7 cm³/mol. The standard InChI is InChI=1S/C7H10N4S/c8-4-1-2-5(9)6(3-4)11-7(10)12/h1-3H,8-9H2,(H3,10,11,12). The van der Waals surface area contributed by atoms with Crippen molar-refractivity contribution in [2.45, 2.75) is 0 Å². The molecule has 0 atom stereocenters. The molecular weight excluding hydrogens is 172 g/mol. The van der Waals surface area contributed by atoms with E-state index in [1.165, 1.54) is 0 Å². The molecule has 12 heavy (non-hydrogen) atoms. The van der Waals surface area contributed by atoms with E-state index in [1.54, 1.807) is 18.2 Å². The average Bonchev–Trinajstić information content (AvgIpc) is 1.96. The molecule has 0 heterocycles. The van der Waals surface area contributed by atoms with E-state index in [2.05, 4.69) is 17.5 Å². The fraction of sp³-hybridized carbons (Fsp3) is 0. The van der Waals surface area contributed by atoms with Crippen LogP contribution >= 0.6 is 12.2 Å². The number of nitrogen functional groups attached to an aromatic ring is 2. The topological polar surface area (TPSA) is 90.1 Å². The second-order valence-electron chi connectivity index (χ2n) is 2.34. The van der Waals surface area contributed by atoms with E-state index in [0.717, 1.165) is 0 Å². The van der Waals surface area contributed by atoms with Gasteiger partial charge in [-0.25, -0.2) is 0 Å². The van der Waals surface area contributed by atoms with Gasteiger partial charge in [-0.05, 0) is 30.4 Å². The van der Waals surface area contributed by atoms with E-state index in [0.29, 0.717) is 17.1 Å². The molecule has 0 bridgehead atoms. The van der Waals surface area contributed by atoms with Gasteiger partial charge in [-0.2, -0.15) is 0 Å². The van der Waals surface area contributed by atoms with Crippen LogP contribution in [0.15, 0.2) is 18.2 Å². The lowest BCUT2D eigenvalue weighted by atomic mass is 10.2. The zero-order valence-corrected chi connectivity index (χ0v) is 7.19. The maximum Gasteiger partial charge on any atom is 0.168 e. The molecule has 1 aromatic rings. The van der Waals surface area contributed by atoms with Gasteiger partial charge in [0, 0.05) is 5.69 Å². The second-order valence-corrected chi connectivity index (χ2v) is 2.78. The number of anilines is 3. The molecule has 0 aliphatic heterocycles. The first-order chi connectivity index (χ1) is 5.59. The van der Waals surface area contributed by atoms with E-state index in [-0.39, 0.29) is 5.11 Å². The Morgan fingerprint density at radius 3 is 2.58 bits per heavy atom. The first kappa shape index (κ1) is 8.61. The molecule has 1 rings (SSSR count). The molecule has 5 heteroatoms. The Morgan fingerprint density at radius 1 is 1.33 bits per heavy atom. The van der Waals surface area contributed by atoms with Crippen LogP contribution in [-0.2, 0) is 0 Å². The maximum absolute atomic E-state index is 5.60. The molecular formula is C7H10N4S. The lowest BCUT2D eigenvalue weighted by Crippen LogP contribution is -2.19. The Balaban J connectivity index is 2.97. The summed E-state index contributed by atoms with van der Waals surface area (Å²) < 4.78 is 0. The van der Waals surface area contributed by atoms with Crippen LogP contribution in [-0.4, -0.2) is 5.11 Å². The van der Waals surface area contributed by atoms with Crippen LogP contribution in [0.1, 0.15) is 0 Å². The lowest BCUT2D eigenvalue weighted by Gasteiger charge is -2.07. The van der Waals surface area contributed by atoms with E-state index in [1.807, 2.05) is 0 Å². The minimum absolute atomic E-state index is 0.173. The number of nitrogens with one attached hydrogen (secondary N) is 1. The van der Waals surface area contributed by atoms with Crippen molar-refractivity contribution in [1.29, 1.82) is 0 Å². The lowest BCUT2D eigenvalue weighted by molar-refractivity contribution is 1.59. The molecule has 4 nitrogen and oxygen atoms in total. The third kappa shape index (κ3) is 2.00. The van der Waals surface area contributed by atoms with Crippen molar-refractivity contribution in [3.05, 3.63) is 18.2 Å². The summed E-state index contributed by atoms with van der Waals surface area (Å²) in [4.78, 5) is 0. The van der Waals surface area contributed by atoms with Gasteiger partial charge in [0.15, 0.2) is 5.11 Å². The van der Waals surface area contributed by atoms with Crippen molar-refractivity contribution >= 4 is 34.4 Å². The Kier molecular flexibility index (Phi) is 2.35. The highest BCUT2D eigenvalue weighted by Gasteiger charge is 1.98. The number of hydrogen-bond donors (Lipinski definition) is 4. The second kappa shape index (κ2) is 3.27. The summed E-state index contributed by atoms with van der Waals surface area (Å²) in [6.45, 7) is 0. The average molecular weight is 182 g/mol. The van der Waals surface area contributed by atoms with Gasteiger partial charge >= 0.3 is 0 Å². The highest BCUT2D eigenvalue weighted by molar-refractivity contribution is 7.80. The van der Waals surface area contributed by atoms with Crippen LogP contribution in [0.5, 0.6) is 0 Å². The highest BCUT2D eigenvalue weighted by Crippen LogP contribution is 2.20. The van der Waals surface area contributed by atoms with Crippen LogP contribution < -0.4 is 22.5 Å². The Labute approximate surface area is 75.7 Å². The van der Waals surface area contributed by atoms with Crippen LogP contribution in [0.3, 0.4) is 0 Å². The largest absolute Gasteiger partial charge is 0.399 e. The molecule has 1 aromatic carbocycles. The van der Waals surface area contributed by atoms with Crippen molar-refractivity contribution < 1.29 is 0 Å². The van der Waals surface area contributed by atoms with Gasteiger partial charge in [-0.15, -0.1) is 0 Å². The van der Waals surface area contributed by atoms with Gasteiger partial charge in [0.05, 0.1) is 11.4 Å². The number of benzene rings is 1.